The predicted molar refractivity (Wildman–Crippen MR) is 442 cm³/mol. The molecule has 4 aromatic heterocycles. The lowest BCUT2D eigenvalue weighted by Crippen LogP contribution is -2.55. The van der Waals surface area contributed by atoms with Crippen molar-refractivity contribution >= 4 is 23.1 Å². The Labute approximate surface area is 708 Å². The smallest absolute Gasteiger partial charge is 0.417 e. The number of carbonyl (C=O) groups excluding carboxylic acids is 4. The van der Waals surface area contributed by atoms with E-state index >= 15 is 0 Å². The number of fused-ring (bicyclic) bond motifs is 20. The first-order valence-electron chi connectivity index (χ1n) is 47.8. The minimum absolute atomic E-state index is 0.000940. The highest BCUT2D eigenvalue weighted by atomic mass is 19.4. The Hall–Kier alpha value is -4.82. The fourth-order valence-electron chi connectivity index (χ4n) is 33.6. The molecule has 4 heterocycles. The molecule has 16 aliphatic carbocycles. The van der Waals surface area contributed by atoms with E-state index in [1.54, 1.807) is 32.2 Å². The van der Waals surface area contributed by atoms with Crippen LogP contribution in [0.5, 0.6) is 0 Å². The molecule has 0 amide bonds. The maximum absolute atomic E-state index is 13.4. The van der Waals surface area contributed by atoms with Crippen LogP contribution in [0, 0.1) is 164 Å². The number of hydrogen-bond acceptors (Lipinski definition) is 13. The number of alkyl halides is 6. The van der Waals surface area contributed by atoms with Crippen LogP contribution in [0.1, 0.15) is 282 Å². The van der Waals surface area contributed by atoms with Gasteiger partial charge in [0.1, 0.15) is 58.4 Å². The minimum Gasteiger partial charge on any atom is -0.469 e. The zero-order chi connectivity index (χ0) is 84.3. The molecule has 4 aromatic rings. The summed E-state index contributed by atoms with van der Waals surface area (Å²) in [5.74, 6) is 16.1. The molecule has 16 fully saturated rings. The minimum atomic E-state index is -4.53. The third-order valence-corrected chi connectivity index (χ3v) is 39.1. The second-order valence-electron chi connectivity index (χ2n) is 44.2. The summed E-state index contributed by atoms with van der Waals surface area (Å²) in [6, 6.07) is 15.0. The molecule has 13 nitrogen and oxygen atoms in total. The SMILES string of the molecule is COC[C@@]1(O)CC[C@H]2[C@@H](CC[C@@H]3[C@@H]2CC[C@]2(C)[C@@H](C(=O)Cc4ccco4)CC[C@@H]32)C1.C[C@]12CC[C@H]3[C@@H](CC[C@H]4C[C@@](O)(C(F)(F)F)CC[C@@H]43)[C@@H]1CC[C@@H]2C(=O)Cc1ccco1.C[C@]12CC[C@H]3[C@@H](CC[C@H]4C[C@@](O)(C(F)F)CC[C@@H]43)[C@@H]1CC[C@@H]2C(=O)Cc1ccco1.C[C@]12CC[C@H]3[C@@H](CC[C@H]4C[C@@](O)(CF)CC[C@@H]43)[C@@H]1CC[C@@H]2C(=O)Cc1ccco1. The number of ketones is 4. The van der Waals surface area contributed by atoms with Crippen molar-refractivity contribution in [1.82, 2.24) is 0 Å². The van der Waals surface area contributed by atoms with Crippen molar-refractivity contribution in [2.75, 3.05) is 20.4 Å². The van der Waals surface area contributed by atoms with Crippen molar-refractivity contribution in [3.63, 3.8) is 0 Å². The molecule has 32 atom stereocenters. The van der Waals surface area contributed by atoms with Crippen molar-refractivity contribution in [2.24, 2.45) is 164 Å². The van der Waals surface area contributed by atoms with Gasteiger partial charge in [-0.25, -0.2) is 13.2 Å². The van der Waals surface area contributed by atoms with E-state index < -0.39 is 41.7 Å². The fourth-order valence-corrected chi connectivity index (χ4v) is 33.6. The molecule has 0 aromatic carbocycles. The van der Waals surface area contributed by atoms with E-state index in [2.05, 4.69) is 27.7 Å². The number of hydrogen-bond donors (Lipinski definition) is 4. The second kappa shape index (κ2) is 34.1. The van der Waals surface area contributed by atoms with Gasteiger partial charge in [-0.3, -0.25) is 19.2 Å². The van der Waals surface area contributed by atoms with E-state index in [0.717, 1.165) is 182 Å². The number of halogens is 6. The Morgan fingerprint density at radius 2 is 0.667 bits per heavy atom. The van der Waals surface area contributed by atoms with Crippen LogP contribution in [-0.4, -0.2) is 99.0 Å². The molecule has 16 saturated carbocycles. The van der Waals surface area contributed by atoms with E-state index in [0.29, 0.717) is 152 Å². The molecule has 19 heteroatoms. The van der Waals surface area contributed by atoms with Crippen molar-refractivity contribution in [3.8, 4) is 0 Å². The summed E-state index contributed by atoms with van der Waals surface area (Å²) >= 11 is 0. The summed E-state index contributed by atoms with van der Waals surface area (Å²) in [7, 11) is 1.70. The standard InChI is InChI=1S/C26H38O4.C25H33F3O3.C25H34F2O3.C25H35FO3/c1-25-11-9-20-19-10-12-26(28,16-29-2)15-17(19)5-6-21(20)22(25)7-8-23(25)24(27)14-18-4-3-13-30-18;1-23-10-8-18-17-9-11-24(30,25(26,27)28)14-15(17)4-5-19(18)20(23)6-7-21(23)22(29)13-16-3-2-12-31-16;1-24-10-8-18-17-9-11-25(29,23(26)27)14-15(17)4-5-19(18)20(24)6-7-21(24)22(28)13-16-3-2-12-30-16;1-24-10-8-19-18-9-11-25(28,15-26)14-16(18)4-5-20(19)21(24)6-7-22(24)23(27)13-17-3-2-12-29-17/h3-4,13,17,19-23,28H,5-12,14-16H2,1-2H3;2-3,12,15,17-21,30H,4-11,13-14H2,1H3;2-3,12,15,17-21,23,29H,4-11,13-14H2,1H3;2-3,12,16,18-22,28H,4-11,13-15H2,1H3/t17-,19-,20+,21+,22-,23+,25-,26+;15-,17-,18+,19+,20-,21+,23-,24+;15-,17-,18+,19+,20-,21+,24-,25+;16-,18-,19+,20+,21-,22+,24-,25+/m0000/s1. The maximum atomic E-state index is 13.4. The Balaban J connectivity index is 0.000000114. The van der Waals surface area contributed by atoms with Gasteiger partial charge in [-0.2, -0.15) is 13.2 Å². The van der Waals surface area contributed by atoms with Gasteiger partial charge in [-0.15, -0.1) is 0 Å². The van der Waals surface area contributed by atoms with Gasteiger partial charge < -0.3 is 42.8 Å². The topological polar surface area (TPSA) is 211 Å². The normalized spacial score (nSPS) is 45.6. The van der Waals surface area contributed by atoms with Crippen LogP contribution in [0.3, 0.4) is 0 Å². The monoisotopic (exact) mass is 1680 g/mol. The molecule has 0 aliphatic heterocycles. The fraction of sp³-hybridized carbons (Fsp3) is 0.802. The number of ether oxygens (including phenoxy) is 1. The molecule has 0 bridgehead atoms. The molecule has 20 rings (SSSR count). The second-order valence-corrected chi connectivity index (χ2v) is 44.2. The molecule has 664 valence electrons. The zero-order valence-corrected chi connectivity index (χ0v) is 72.3. The van der Waals surface area contributed by atoms with E-state index in [1.807, 2.05) is 48.5 Å². The van der Waals surface area contributed by atoms with Gasteiger partial charge in [0.2, 0.25) is 0 Å². The number of carbonyl (C=O) groups is 4. The van der Waals surface area contributed by atoms with Crippen molar-refractivity contribution in [3.05, 3.63) is 96.6 Å². The van der Waals surface area contributed by atoms with E-state index in [9.17, 15) is 65.9 Å². The van der Waals surface area contributed by atoms with Crippen LogP contribution in [0.2, 0.25) is 0 Å². The molecule has 120 heavy (non-hydrogen) atoms. The highest BCUT2D eigenvalue weighted by molar-refractivity contribution is 5.86. The Morgan fingerprint density at radius 3 is 0.967 bits per heavy atom. The zero-order valence-electron chi connectivity index (χ0n) is 72.3. The van der Waals surface area contributed by atoms with Gasteiger partial charge in [0.15, 0.2) is 5.60 Å². The molecule has 0 spiro atoms. The molecular weight excluding hydrogens is 1540 g/mol. The Kier molecular flexibility index (Phi) is 24.8. The number of rotatable bonds is 16. The van der Waals surface area contributed by atoms with Crippen LogP contribution >= 0.6 is 0 Å². The average Bonchev–Trinajstić information content (AvgIpc) is 1.47. The molecular formula is C101H140F6O13. The highest BCUT2D eigenvalue weighted by Gasteiger charge is 2.66. The summed E-state index contributed by atoms with van der Waals surface area (Å²) in [5.41, 5.74) is -5.57. The first-order valence-corrected chi connectivity index (χ1v) is 47.8. The molecule has 0 unspecified atom stereocenters. The van der Waals surface area contributed by atoms with Crippen LogP contribution in [0.15, 0.2) is 91.3 Å². The van der Waals surface area contributed by atoms with Crippen LogP contribution < -0.4 is 0 Å². The summed E-state index contributed by atoms with van der Waals surface area (Å²) < 4.78 is 107. The van der Waals surface area contributed by atoms with E-state index in [1.165, 1.54) is 51.4 Å². The van der Waals surface area contributed by atoms with Gasteiger partial charge >= 0.3 is 6.18 Å². The van der Waals surface area contributed by atoms with Gasteiger partial charge in [-0.1, -0.05) is 27.7 Å². The van der Waals surface area contributed by atoms with Gasteiger partial charge in [0.05, 0.1) is 68.5 Å². The number of aliphatic hydroxyl groups is 4. The Bertz CT molecular complexity index is 4140. The highest BCUT2D eigenvalue weighted by Crippen LogP contribution is 2.71. The first-order chi connectivity index (χ1) is 57.3. The van der Waals surface area contributed by atoms with Gasteiger partial charge in [0.25, 0.3) is 6.43 Å². The lowest BCUT2D eigenvalue weighted by Gasteiger charge is -2.57. The van der Waals surface area contributed by atoms with E-state index in [4.69, 9.17) is 22.4 Å². The molecule has 0 saturated heterocycles. The first kappa shape index (κ1) is 87.3. The summed E-state index contributed by atoms with van der Waals surface area (Å²) in [4.78, 5) is 52.6. The summed E-state index contributed by atoms with van der Waals surface area (Å²) in [6.45, 7) is 9.33. The van der Waals surface area contributed by atoms with Crippen molar-refractivity contribution in [1.29, 1.82) is 0 Å². The maximum Gasteiger partial charge on any atom is 0.417 e. The van der Waals surface area contributed by atoms with Crippen LogP contribution in [-0.2, 0) is 49.6 Å². The number of furan rings is 4. The lowest BCUT2D eigenvalue weighted by molar-refractivity contribution is -0.282. The van der Waals surface area contributed by atoms with Gasteiger partial charge in [0, 0.05) is 30.8 Å². The molecule has 4 N–H and O–H groups in total. The van der Waals surface area contributed by atoms with Gasteiger partial charge in [-0.05, 0) is 420 Å². The third-order valence-electron chi connectivity index (χ3n) is 39.1. The summed E-state index contributed by atoms with van der Waals surface area (Å²) in [6.07, 6.45) is 33.8. The summed E-state index contributed by atoms with van der Waals surface area (Å²) in [5, 5.41) is 42.1. The predicted octanol–water partition coefficient (Wildman–Crippen LogP) is 22.0. The largest absolute Gasteiger partial charge is 0.469 e. The third kappa shape index (κ3) is 16.1. The molecule has 16 aliphatic rings. The number of Topliss-reactive ketones (excluding diaryl/α,β-unsaturated/α-hetero) is 4. The van der Waals surface area contributed by atoms with Crippen molar-refractivity contribution in [2.45, 2.75) is 320 Å². The Morgan fingerprint density at radius 1 is 0.375 bits per heavy atom. The average molecular weight is 1680 g/mol. The van der Waals surface area contributed by atoms with E-state index in [-0.39, 0.29) is 88.6 Å². The lowest BCUT2D eigenvalue weighted by atomic mass is 9.48. The quantitative estimate of drug-likeness (QED) is 0.0770. The number of methoxy groups -OCH3 is 1. The molecule has 0 radical (unpaired) electrons. The van der Waals surface area contributed by atoms with Crippen LogP contribution in [0.4, 0.5) is 26.3 Å². The van der Waals surface area contributed by atoms with Crippen LogP contribution in [0.25, 0.3) is 0 Å². The van der Waals surface area contributed by atoms with Crippen molar-refractivity contribution < 1.29 is 88.4 Å².